The molecule has 1 unspecified atom stereocenters. The minimum atomic E-state index is -4.80. The van der Waals surface area contributed by atoms with Gasteiger partial charge in [-0.2, -0.15) is 18.4 Å². The molecule has 19 heteroatoms. The molecular formula is C40H38F3N5O10S. The van der Waals surface area contributed by atoms with Crippen LogP contribution in [0, 0.1) is 11.3 Å². The van der Waals surface area contributed by atoms with E-state index in [-0.39, 0.29) is 80.2 Å². The monoisotopic (exact) mass is 837 g/mol. The van der Waals surface area contributed by atoms with Crippen LogP contribution in [-0.2, 0) is 34.8 Å². The number of thiocarbonyl (C=S) groups is 1. The summed E-state index contributed by atoms with van der Waals surface area (Å²) >= 11 is 5.58. The summed E-state index contributed by atoms with van der Waals surface area (Å²) in [6, 6.07) is 14.8. The number of nitrogens with zero attached hydrogens (tertiary/aromatic N) is 4. The second-order valence-corrected chi connectivity index (χ2v) is 14.2. The molecule has 2 fully saturated rings. The minimum absolute atomic E-state index is 0.0188. The summed E-state index contributed by atoms with van der Waals surface area (Å²) in [4.78, 5) is 66.9. The van der Waals surface area contributed by atoms with Gasteiger partial charge >= 0.3 is 6.18 Å². The van der Waals surface area contributed by atoms with Crippen LogP contribution in [0.3, 0.4) is 0 Å². The summed E-state index contributed by atoms with van der Waals surface area (Å²) in [5, 5.41) is 11.3. The Morgan fingerprint density at radius 2 is 1.44 bits per heavy atom. The van der Waals surface area contributed by atoms with Gasteiger partial charge < -0.3 is 28.6 Å². The highest BCUT2D eigenvalue weighted by Crippen LogP contribution is 2.40. The lowest BCUT2D eigenvalue weighted by Gasteiger charge is -2.29. The van der Waals surface area contributed by atoms with Crippen LogP contribution in [0.15, 0.2) is 60.7 Å². The van der Waals surface area contributed by atoms with E-state index >= 15 is 0 Å². The fraction of sp³-hybridized carbons (Fsp3) is 0.375. The van der Waals surface area contributed by atoms with Crippen molar-refractivity contribution in [3.05, 3.63) is 82.9 Å². The van der Waals surface area contributed by atoms with E-state index in [0.29, 0.717) is 24.7 Å². The average Bonchev–Trinajstić information content (AvgIpc) is 3.55. The molecule has 59 heavy (non-hydrogen) atoms. The summed E-state index contributed by atoms with van der Waals surface area (Å²) in [5.74, 6) is -2.26. The molecule has 1 atom stereocenters. The molecule has 310 valence electrons. The Labute approximate surface area is 341 Å². The van der Waals surface area contributed by atoms with Crippen molar-refractivity contribution in [3.8, 4) is 17.6 Å². The van der Waals surface area contributed by atoms with E-state index in [4.69, 9.17) is 41.2 Å². The smallest absolute Gasteiger partial charge is 0.417 e. The first-order chi connectivity index (χ1) is 28.1. The van der Waals surface area contributed by atoms with Crippen molar-refractivity contribution < 1.29 is 60.8 Å². The molecule has 0 bridgehead atoms. The maximum Gasteiger partial charge on any atom is 0.417 e. The van der Waals surface area contributed by atoms with Crippen molar-refractivity contribution in [3.63, 3.8) is 0 Å². The summed E-state index contributed by atoms with van der Waals surface area (Å²) < 4.78 is 69.0. The maximum absolute atomic E-state index is 13.6. The number of benzene rings is 3. The first kappa shape index (κ1) is 42.7. The zero-order chi connectivity index (χ0) is 42.5. The number of carbonyl (C=O) groups excluding carboxylic acids is 5. The number of alkyl halides is 3. The number of piperidine rings is 1. The predicted molar refractivity (Wildman–Crippen MR) is 206 cm³/mol. The molecule has 15 nitrogen and oxygen atoms in total. The van der Waals surface area contributed by atoms with Gasteiger partial charge in [0, 0.05) is 12.1 Å². The molecule has 0 saturated carbocycles. The van der Waals surface area contributed by atoms with Gasteiger partial charge in [0.1, 0.15) is 36.3 Å². The molecule has 5 amide bonds. The second-order valence-electron chi connectivity index (χ2n) is 13.8. The standard InChI is InChI=1S/C40H38F3N5O10S/c1-39(2)37(53)46(26-7-6-24(23-44)29(22-26)40(41,42)43)38(59)48(39)25-8-10-27(11-9-25)57-20-18-55-16-14-54-15-17-56-19-21-58-31-5-3-4-28-33(31)36(52)47(35(28)51)30-12-13-32(49)45-34(30)50/h3-11,22,30H,12-21H2,1-2H3,(H,45,49,50). The van der Waals surface area contributed by atoms with Crippen LogP contribution in [0.2, 0.25) is 0 Å². The van der Waals surface area contributed by atoms with E-state index in [1.165, 1.54) is 18.2 Å². The summed E-state index contributed by atoms with van der Waals surface area (Å²) in [6.45, 7) is 5.10. The van der Waals surface area contributed by atoms with Crippen LogP contribution in [0.1, 0.15) is 58.5 Å². The Hall–Kier alpha value is -5.94. The van der Waals surface area contributed by atoms with Gasteiger partial charge in [0.25, 0.3) is 17.7 Å². The Bertz CT molecular complexity index is 2190. The number of rotatable bonds is 17. The first-order valence-electron chi connectivity index (χ1n) is 18.4. The molecule has 3 aromatic carbocycles. The quantitative estimate of drug-likeness (QED) is 0.115. The van der Waals surface area contributed by atoms with E-state index in [0.717, 1.165) is 21.9 Å². The van der Waals surface area contributed by atoms with Crippen molar-refractivity contribution in [1.82, 2.24) is 10.2 Å². The van der Waals surface area contributed by atoms with Crippen LogP contribution in [-0.4, -0.2) is 104 Å². The zero-order valence-corrected chi connectivity index (χ0v) is 32.7. The molecule has 3 aliphatic heterocycles. The molecule has 0 spiro atoms. The maximum atomic E-state index is 13.6. The van der Waals surface area contributed by atoms with Crippen molar-refractivity contribution in [2.45, 2.75) is 44.4 Å². The first-order valence-corrected chi connectivity index (χ1v) is 18.8. The molecule has 2 saturated heterocycles. The number of anilines is 2. The van der Waals surface area contributed by atoms with Gasteiger partial charge in [0.2, 0.25) is 11.8 Å². The fourth-order valence-electron chi connectivity index (χ4n) is 6.73. The Morgan fingerprint density at radius 1 is 0.831 bits per heavy atom. The Kier molecular flexibility index (Phi) is 12.9. The number of nitrogens with one attached hydrogen (secondary N) is 1. The number of halogens is 3. The minimum Gasteiger partial charge on any atom is -0.491 e. The van der Waals surface area contributed by atoms with E-state index < -0.39 is 58.4 Å². The molecular weight excluding hydrogens is 800 g/mol. The molecule has 1 N–H and O–H groups in total. The molecule has 0 aromatic heterocycles. The van der Waals surface area contributed by atoms with Crippen LogP contribution >= 0.6 is 12.2 Å². The number of ether oxygens (including phenoxy) is 5. The van der Waals surface area contributed by atoms with Crippen molar-refractivity contribution in [2.75, 3.05) is 62.7 Å². The number of fused-ring (bicyclic) bond motifs is 1. The van der Waals surface area contributed by atoms with Crippen LogP contribution in [0.25, 0.3) is 0 Å². The van der Waals surface area contributed by atoms with Gasteiger partial charge in [-0.3, -0.25) is 39.1 Å². The summed E-state index contributed by atoms with van der Waals surface area (Å²) in [6.07, 6.45) is -4.73. The van der Waals surface area contributed by atoms with Crippen molar-refractivity contribution >= 4 is 58.2 Å². The molecule has 6 rings (SSSR count). The van der Waals surface area contributed by atoms with E-state index in [9.17, 15) is 37.1 Å². The number of carbonyl (C=O) groups is 5. The molecule has 3 aliphatic rings. The van der Waals surface area contributed by atoms with Gasteiger partial charge in [-0.15, -0.1) is 0 Å². The third-order valence-electron chi connectivity index (χ3n) is 9.61. The lowest BCUT2D eigenvalue weighted by Crippen LogP contribution is -2.54. The van der Waals surface area contributed by atoms with Gasteiger partial charge in [-0.1, -0.05) is 6.07 Å². The van der Waals surface area contributed by atoms with Gasteiger partial charge in [-0.05, 0) is 87.1 Å². The van der Waals surface area contributed by atoms with E-state index in [1.54, 1.807) is 55.1 Å². The largest absolute Gasteiger partial charge is 0.491 e. The lowest BCUT2D eigenvalue weighted by atomic mass is 10.0. The number of hydrogen-bond donors (Lipinski definition) is 1. The summed E-state index contributed by atoms with van der Waals surface area (Å²) in [7, 11) is 0. The Balaban J connectivity index is 0.859. The highest BCUT2D eigenvalue weighted by atomic mass is 32.1. The zero-order valence-electron chi connectivity index (χ0n) is 31.8. The van der Waals surface area contributed by atoms with Crippen molar-refractivity contribution in [1.29, 1.82) is 5.26 Å². The molecule has 3 heterocycles. The third-order valence-corrected chi connectivity index (χ3v) is 9.97. The number of imide groups is 2. The normalized spacial score (nSPS) is 17.7. The van der Waals surface area contributed by atoms with E-state index in [1.807, 2.05) is 0 Å². The average molecular weight is 838 g/mol. The second kappa shape index (κ2) is 17.9. The molecule has 0 aliphatic carbocycles. The Morgan fingerprint density at radius 3 is 2.05 bits per heavy atom. The molecule has 3 aromatic rings. The SMILES string of the molecule is CC1(C)C(=O)N(c2ccc(C#N)c(C(F)(F)F)c2)C(=S)N1c1ccc(OCCOCCOCCOCCOc2cccc3c2C(=O)N(C2CCC(=O)NC2=O)C3=O)cc1. The fourth-order valence-corrected chi connectivity index (χ4v) is 7.25. The lowest BCUT2D eigenvalue weighted by molar-refractivity contribution is -0.138. The van der Waals surface area contributed by atoms with E-state index in [2.05, 4.69) is 5.32 Å². The van der Waals surface area contributed by atoms with Gasteiger partial charge in [0.15, 0.2) is 5.11 Å². The topological polar surface area (TPSA) is 177 Å². The number of amides is 5. The van der Waals surface area contributed by atoms with Gasteiger partial charge in [0.05, 0.1) is 73.7 Å². The van der Waals surface area contributed by atoms with Crippen molar-refractivity contribution in [2.24, 2.45) is 0 Å². The third kappa shape index (κ3) is 9.05. The number of hydrogen-bond acceptors (Lipinski definition) is 12. The van der Waals surface area contributed by atoms with Gasteiger partial charge in [-0.25, -0.2) is 0 Å². The van der Waals surface area contributed by atoms with Crippen LogP contribution in [0.4, 0.5) is 24.5 Å². The van der Waals surface area contributed by atoms with Crippen LogP contribution < -0.4 is 24.6 Å². The summed E-state index contributed by atoms with van der Waals surface area (Å²) in [5.41, 5.74) is -2.35. The highest BCUT2D eigenvalue weighted by Gasteiger charge is 2.51. The van der Waals surface area contributed by atoms with Crippen LogP contribution in [0.5, 0.6) is 11.5 Å². The number of nitriles is 1. The highest BCUT2D eigenvalue weighted by molar-refractivity contribution is 7.81. The molecule has 0 radical (unpaired) electrons. The predicted octanol–water partition coefficient (Wildman–Crippen LogP) is 4.40.